The molecule has 8 aromatic rings. The Labute approximate surface area is 294 Å². The smallest absolute Gasteiger partial charge is 0.164 e. The predicted octanol–water partition coefficient (Wildman–Crippen LogP) is 12.3. The highest BCUT2D eigenvalue weighted by Gasteiger charge is 2.14. The van der Waals surface area contributed by atoms with E-state index in [0.717, 1.165) is 43.4 Å². The second kappa shape index (κ2) is 13.6. The van der Waals surface area contributed by atoms with E-state index >= 15 is 0 Å². The van der Waals surface area contributed by atoms with Crippen molar-refractivity contribution in [3.8, 4) is 78.7 Å². The van der Waals surface area contributed by atoms with E-state index in [1.54, 1.807) is 0 Å². The Kier molecular flexibility index (Phi) is 8.45. The second-order valence-corrected chi connectivity index (χ2v) is 12.8. The van der Waals surface area contributed by atoms with Crippen molar-refractivity contribution in [2.45, 2.75) is 0 Å². The van der Waals surface area contributed by atoms with Crippen LogP contribution in [0.4, 0.5) is 0 Å². The Morgan fingerprint density at radius 1 is 0.245 bits per heavy atom. The fraction of sp³-hybridized carbons (Fsp3) is 0. The molecule has 7 aromatic carbocycles. The molecule has 0 aliphatic carbocycles. The zero-order valence-electron chi connectivity index (χ0n) is 26.5. The number of hydrogen-bond acceptors (Lipinski definition) is 3. The first kappa shape index (κ1) is 30.4. The minimum absolute atomic E-state index is 0.634. The first-order valence-corrected chi connectivity index (χ1v) is 17.0. The first-order valence-electron chi connectivity index (χ1n) is 16.2. The molecule has 3 nitrogen and oxygen atoms in total. The molecular weight excluding hydrogens is 662 g/mol. The maximum Gasteiger partial charge on any atom is 0.164 e. The zero-order valence-corrected chi connectivity index (χ0v) is 28.1. The number of aromatic nitrogens is 3. The molecule has 0 saturated carbocycles. The summed E-state index contributed by atoms with van der Waals surface area (Å²) in [6.45, 7) is 0. The summed E-state index contributed by atoms with van der Waals surface area (Å²) in [4.78, 5) is 15.0. The number of hydrogen-bond donors (Lipinski definition) is 0. The molecule has 0 fully saturated rings. The molecule has 232 valence electrons. The summed E-state index contributed by atoms with van der Waals surface area (Å²) in [7, 11) is 0. The topological polar surface area (TPSA) is 38.7 Å². The maximum absolute atomic E-state index is 5.00. The van der Waals surface area contributed by atoms with Crippen molar-refractivity contribution in [1.82, 2.24) is 15.0 Å². The molecule has 1 heterocycles. The third kappa shape index (κ3) is 6.73. The molecule has 0 spiro atoms. The lowest BCUT2D eigenvalue weighted by Crippen LogP contribution is -2.00. The zero-order chi connectivity index (χ0) is 33.0. The van der Waals surface area contributed by atoms with E-state index < -0.39 is 0 Å². The van der Waals surface area contributed by atoms with Crippen LogP contribution in [0.2, 0.25) is 0 Å². The van der Waals surface area contributed by atoms with Crippen molar-refractivity contribution in [2.24, 2.45) is 0 Å². The molecule has 0 atom stereocenters. The molecule has 49 heavy (non-hydrogen) atoms. The van der Waals surface area contributed by atoms with Crippen LogP contribution in [0.25, 0.3) is 78.7 Å². The minimum atomic E-state index is 0.634. The third-order valence-corrected chi connectivity index (χ3v) is 9.18. The van der Waals surface area contributed by atoms with Crippen molar-refractivity contribution < 1.29 is 0 Å². The lowest BCUT2D eigenvalue weighted by molar-refractivity contribution is 1.07. The Bertz CT molecular complexity index is 2230. The summed E-state index contributed by atoms with van der Waals surface area (Å²) in [5, 5.41) is 0. The number of halogens is 1. The van der Waals surface area contributed by atoms with E-state index in [9.17, 15) is 0 Å². The summed E-state index contributed by atoms with van der Waals surface area (Å²) < 4.78 is 1.07. The van der Waals surface area contributed by atoms with Gasteiger partial charge >= 0.3 is 0 Å². The predicted molar refractivity (Wildman–Crippen MR) is 206 cm³/mol. The number of rotatable bonds is 7. The van der Waals surface area contributed by atoms with Gasteiger partial charge in [0.15, 0.2) is 17.5 Å². The SMILES string of the molecule is Brc1ccc(-c2cccc(-c3ccc(-c4nc(-c5ccc(-c6ccccc6)cc5)nc(-c5ccc(-c6ccccc6)cc5)n4)cc3)c2)cc1. The van der Waals surface area contributed by atoms with Crippen molar-refractivity contribution in [3.05, 3.63) is 186 Å². The van der Waals surface area contributed by atoms with Crippen LogP contribution in [-0.2, 0) is 0 Å². The fourth-order valence-corrected chi connectivity index (χ4v) is 6.24. The van der Waals surface area contributed by atoms with Crippen molar-refractivity contribution in [3.63, 3.8) is 0 Å². The minimum Gasteiger partial charge on any atom is -0.208 e. The molecule has 0 saturated heterocycles. The molecule has 0 aliphatic heterocycles. The van der Waals surface area contributed by atoms with Crippen LogP contribution in [0, 0.1) is 0 Å². The van der Waals surface area contributed by atoms with Gasteiger partial charge in [0.05, 0.1) is 0 Å². The van der Waals surface area contributed by atoms with Gasteiger partial charge < -0.3 is 0 Å². The highest BCUT2D eigenvalue weighted by molar-refractivity contribution is 9.10. The van der Waals surface area contributed by atoms with Crippen LogP contribution in [0.15, 0.2) is 186 Å². The van der Waals surface area contributed by atoms with Crippen LogP contribution in [0.1, 0.15) is 0 Å². The number of benzene rings is 7. The normalized spacial score (nSPS) is 11.0. The maximum atomic E-state index is 5.00. The molecule has 8 rings (SSSR count). The molecule has 1 aromatic heterocycles. The molecular formula is C45H30BrN3. The summed E-state index contributed by atoms with van der Waals surface area (Å²) in [6, 6.07) is 63.1. The van der Waals surface area contributed by atoms with E-state index in [0.29, 0.717) is 17.5 Å². The van der Waals surface area contributed by atoms with Crippen LogP contribution in [0.5, 0.6) is 0 Å². The van der Waals surface area contributed by atoms with Crippen molar-refractivity contribution in [2.75, 3.05) is 0 Å². The molecule has 0 N–H and O–H groups in total. The monoisotopic (exact) mass is 691 g/mol. The van der Waals surface area contributed by atoms with Gasteiger partial charge in [-0.05, 0) is 62.7 Å². The van der Waals surface area contributed by atoms with Gasteiger partial charge in [-0.15, -0.1) is 0 Å². The Hall–Kier alpha value is -5.97. The average molecular weight is 693 g/mol. The van der Waals surface area contributed by atoms with E-state index in [1.807, 2.05) is 12.1 Å². The summed E-state index contributed by atoms with van der Waals surface area (Å²) in [5.41, 5.74) is 12.1. The quantitative estimate of drug-likeness (QED) is 0.167. The fourth-order valence-electron chi connectivity index (χ4n) is 5.98. The number of nitrogens with zero attached hydrogens (tertiary/aromatic N) is 3. The first-order chi connectivity index (χ1) is 24.2. The van der Waals surface area contributed by atoms with Gasteiger partial charge in [0.2, 0.25) is 0 Å². The van der Waals surface area contributed by atoms with Gasteiger partial charge in [-0.2, -0.15) is 0 Å². The Morgan fingerprint density at radius 3 is 0.878 bits per heavy atom. The van der Waals surface area contributed by atoms with Crippen LogP contribution in [-0.4, -0.2) is 15.0 Å². The Morgan fingerprint density at radius 2 is 0.510 bits per heavy atom. The van der Waals surface area contributed by atoms with E-state index in [-0.39, 0.29) is 0 Å². The van der Waals surface area contributed by atoms with Crippen LogP contribution >= 0.6 is 15.9 Å². The van der Waals surface area contributed by atoms with E-state index in [4.69, 9.17) is 15.0 Å². The van der Waals surface area contributed by atoms with Gasteiger partial charge in [0, 0.05) is 21.2 Å². The van der Waals surface area contributed by atoms with Crippen LogP contribution in [0.3, 0.4) is 0 Å². The van der Waals surface area contributed by atoms with Gasteiger partial charge in [-0.25, -0.2) is 15.0 Å². The standard InChI is InChI=1S/C45H30BrN3/c46-42-28-26-36(27-29-42)41-13-7-12-40(30-41)35-18-24-39(25-19-35)45-48-43(37-20-14-33(15-21-37)31-8-3-1-4-9-31)47-44(49-45)38-22-16-34(17-23-38)32-10-5-2-6-11-32/h1-30H. The van der Waals surface area contributed by atoms with Gasteiger partial charge in [-0.3, -0.25) is 0 Å². The summed E-state index contributed by atoms with van der Waals surface area (Å²) in [6.07, 6.45) is 0. The molecule has 0 radical (unpaired) electrons. The molecule has 0 aliphatic rings. The molecule has 0 amide bonds. The molecule has 4 heteroatoms. The highest BCUT2D eigenvalue weighted by atomic mass is 79.9. The lowest BCUT2D eigenvalue weighted by Gasteiger charge is -2.11. The van der Waals surface area contributed by atoms with Crippen LogP contribution < -0.4 is 0 Å². The molecule has 0 bridgehead atoms. The third-order valence-electron chi connectivity index (χ3n) is 8.65. The van der Waals surface area contributed by atoms with Crippen molar-refractivity contribution in [1.29, 1.82) is 0 Å². The van der Waals surface area contributed by atoms with E-state index in [2.05, 4.69) is 186 Å². The summed E-state index contributed by atoms with van der Waals surface area (Å²) >= 11 is 3.54. The summed E-state index contributed by atoms with van der Waals surface area (Å²) in [5.74, 6) is 1.91. The molecule has 0 unspecified atom stereocenters. The van der Waals surface area contributed by atoms with E-state index in [1.165, 1.54) is 22.3 Å². The average Bonchev–Trinajstić information content (AvgIpc) is 3.19. The van der Waals surface area contributed by atoms with Gasteiger partial charge in [-0.1, -0.05) is 180 Å². The highest BCUT2D eigenvalue weighted by Crippen LogP contribution is 2.31. The second-order valence-electron chi connectivity index (χ2n) is 11.9. The van der Waals surface area contributed by atoms with Gasteiger partial charge in [0.1, 0.15) is 0 Å². The van der Waals surface area contributed by atoms with Crippen molar-refractivity contribution >= 4 is 15.9 Å². The lowest BCUT2D eigenvalue weighted by atomic mass is 9.98. The van der Waals surface area contributed by atoms with Gasteiger partial charge in [0.25, 0.3) is 0 Å². The largest absolute Gasteiger partial charge is 0.208 e. The Balaban J connectivity index is 1.15.